The third kappa shape index (κ3) is 3.56. The number of aryl methyl sites for hydroxylation is 2. The number of amides is 1. The lowest BCUT2D eigenvalue weighted by Crippen LogP contribution is -2.31. The molecule has 0 saturated carbocycles. The van der Waals surface area contributed by atoms with Crippen LogP contribution in [0.25, 0.3) is 0 Å². The molecule has 0 aromatic heterocycles. The summed E-state index contributed by atoms with van der Waals surface area (Å²) in [6.45, 7) is 4.19. The Hall–Kier alpha value is -2.67. The van der Waals surface area contributed by atoms with E-state index in [1.165, 1.54) is 23.9 Å². The number of nitrogens with zero attached hydrogens (tertiary/aromatic N) is 3. The molecule has 0 radical (unpaired) electrons. The van der Waals surface area contributed by atoms with Crippen LogP contribution in [-0.2, 0) is 0 Å². The predicted octanol–water partition coefficient (Wildman–Crippen LogP) is 4.09. The largest absolute Gasteiger partial charge is 0.286 e. The fourth-order valence-electron chi connectivity index (χ4n) is 2.62. The normalized spacial score (nSPS) is 15.6. The van der Waals surface area contributed by atoms with E-state index >= 15 is 0 Å². The van der Waals surface area contributed by atoms with Crippen molar-refractivity contribution >= 4 is 34.2 Å². The van der Waals surface area contributed by atoms with Crippen LogP contribution in [-0.4, -0.2) is 33.2 Å². The van der Waals surface area contributed by atoms with Crippen LogP contribution in [0.1, 0.15) is 21.5 Å². The molecule has 0 N–H and O–H groups in total. The van der Waals surface area contributed by atoms with E-state index in [0.29, 0.717) is 22.8 Å². The van der Waals surface area contributed by atoms with Crippen LogP contribution in [0, 0.1) is 24.0 Å². The molecule has 2 aromatic carbocycles. The van der Waals surface area contributed by atoms with Gasteiger partial charge in [-0.25, -0.2) is 4.99 Å². The van der Waals surface area contributed by atoms with E-state index in [0.717, 1.165) is 17.0 Å². The van der Waals surface area contributed by atoms with Gasteiger partial charge in [0.05, 0.1) is 10.6 Å². The SMILES string of the molecule is Cc1ccccc1N=C1SCCN1C(=O)c1ccc([N+](=O)[O-])c(C)c1. The molecule has 0 aliphatic carbocycles. The van der Waals surface area contributed by atoms with Gasteiger partial charge in [-0.05, 0) is 37.6 Å². The Morgan fingerprint density at radius 2 is 1.96 bits per heavy atom. The summed E-state index contributed by atoms with van der Waals surface area (Å²) >= 11 is 1.54. The molecule has 1 aliphatic heterocycles. The van der Waals surface area contributed by atoms with E-state index in [1.807, 2.05) is 31.2 Å². The van der Waals surface area contributed by atoms with Crippen molar-refractivity contribution in [3.05, 3.63) is 69.3 Å². The summed E-state index contributed by atoms with van der Waals surface area (Å²) in [5, 5.41) is 11.6. The number of para-hydroxylation sites is 1. The van der Waals surface area contributed by atoms with Gasteiger partial charge in [0, 0.05) is 29.5 Å². The van der Waals surface area contributed by atoms with Crippen LogP contribution in [0.3, 0.4) is 0 Å². The van der Waals surface area contributed by atoms with E-state index in [1.54, 1.807) is 17.9 Å². The number of hydrogen-bond donors (Lipinski definition) is 0. The number of rotatable bonds is 3. The predicted molar refractivity (Wildman–Crippen MR) is 99.6 cm³/mol. The molecule has 1 saturated heterocycles. The van der Waals surface area contributed by atoms with Gasteiger partial charge in [-0.15, -0.1) is 0 Å². The molecule has 6 nitrogen and oxygen atoms in total. The topological polar surface area (TPSA) is 75.8 Å². The van der Waals surface area contributed by atoms with Gasteiger partial charge in [-0.2, -0.15) is 0 Å². The summed E-state index contributed by atoms with van der Waals surface area (Å²) < 4.78 is 0. The first-order valence-electron chi connectivity index (χ1n) is 7.81. The Bertz CT molecular complexity index is 880. The van der Waals surface area contributed by atoms with Crippen LogP contribution < -0.4 is 0 Å². The molecular weight excluding hydrogens is 338 g/mol. The van der Waals surface area contributed by atoms with Crippen molar-refractivity contribution < 1.29 is 9.72 Å². The molecule has 0 unspecified atom stereocenters. The molecular formula is C18H17N3O3S. The Morgan fingerprint density at radius 1 is 1.20 bits per heavy atom. The Kier molecular flexibility index (Phi) is 4.85. The summed E-state index contributed by atoms with van der Waals surface area (Å²) in [5.41, 5.74) is 2.80. The van der Waals surface area contributed by atoms with E-state index < -0.39 is 4.92 Å². The number of thioether (sulfide) groups is 1. The maximum Gasteiger partial charge on any atom is 0.272 e. The molecule has 1 heterocycles. The van der Waals surface area contributed by atoms with Gasteiger partial charge in [0.2, 0.25) is 0 Å². The minimum atomic E-state index is -0.444. The molecule has 1 amide bonds. The number of nitro benzene ring substituents is 1. The number of nitro groups is 1. The van der Waals surface area contributed by atoms with Crippen LogP contribution >= 0.6 is 11.8 Å². The number of carbonyl (C=O) groups is 1. The van der Waals surface area contributed by atoms with Crippen molar-refractivity contribution in [2.75, 3.05) is 12.3 Å². The Labute approximate surface area is 149 Å². The minimum absolute atomic E-state index is 0.0150. The highest BCUT2D eigenvalue weighted by Gasteiger charge is 2.27. The lowest BCUT2D eigenvalue weighted by atomic mass is 10.1. The maximum atomic E-state index is 12.8. The average molecular weight is 355 g/mol. The fourth-order valence-corrected chi connectivity index (χ4v) is 3.57. The van der Waals surface area contributed by atoms with Crippen LogP contribution in [0.15, 0.2) is 47.5 Å². The number of carbonyl (C=O) groups excluding carboxylic acids is 1. The van der Waals surface area contributed by atoms with E-state index in [4.69, 9.17) is 0 Å². The van der Waals surface area contributed by atoms with Gasteiger partial charge in [0.1, 0.15) is 0 Å². The van der Waals surface area contributed by atoms with Crippen molar-refractivity contribution in [2.45, 2.75) is 13.8 Å². The monoisotopic (exact) mass is 355 g/mol. The Morgan fingerprint density at radius 3 is 2.64 bits per heavy atom. The molecule has 3 rings (SSSR count). The molecule has 0 atom stereocenters. The van der Waals surface area contributed by atoms with Crippen molar-refractivity contribution in [1.29, 1.82) is 0 Å². The Balaban J connectivity index is 1.90. The van der Waals surface area contributed by atoms with Crippen molar-refractivity contribution in [3.63, 3.8) is 0 Å². The maximum absolute atomic E-state index is 12.8. The van der Waals surface area contributed by atoms with Crippen molar-refractivity contribution in [2.24, 2.45) is 4.99 Å². The smallest absolute Gasteiger partial charge is 0.272 e. The molecule has 1 fully saturated rings. The van der Waals surface area contributed by atoms with Gasteiger partial charge in [0.15, 0.2) is 5.17 Å². The highest BCUT2D eigenvalue weighted by molar-refractivity contribution is 8.14. The first-order valence-corrected chi connectivity index (χ1v) is 8.80. The summed E-state index contributed by atoms with van der Waals surface area (Å²) in [5.74, 6) is 0.595. The lowest BCUT2D eigenvalue weighted by molar-refractivity contribution is -0.385. The van der Waals surface area contributed by atoms with E-state index in [9.17, 15) is 14.9 Å². The zero-order valence-electron chi connectivity index (χ0n) is 13.9. The van der Waals surface area contributed by atoms with Crippen LogP contribution in [0.5, 0.6) is 0 Å². The second-order valence-electron chi connectivity index (χ2n) is 5.74. The quantitative estimate of drug-likeness (QED) is 0.614. The molecule has 0 spiro atoms. The third-order valence-electron chi connectivity index (χ3n) is 3.99. The van der Waals surface area contributed by atoms with Gasteiger partial charge >= 0.3 is 0 Å². The van der Waals surface area contributed by atoms with Gasteiger partial charge < -0.3 is 0 Å². The van der Waals surface area contributed by atoms with Crippen LogP contribution in [0.2, 0.25) is 0 Å². The summed E-state index contributed by atoms with van der Waals surface area (Å²) in [4.78, 5) is 29.6. The number of hydrogen-bond acceptors (Lipinski definition) is 5. The number of aliphatic imine (C=N–C) groups is 1. The minimum Gasteiger partial charge on any atom is -0.286 e. The molecule has 2 aromatic rings. The summed E-state index contributed by atoms with van der Waals surface area (Å²) in [6, 6.07) is 12.2. The molecule has 7 heteroatoms. The van der Waals surface area contributed by atoms with E-state index in [-0.39, 0.29) is 11.6 Å². The fraction of sp³-hybridized carbons (Fsp3) is 0.222. The molecule has 1 aliphatic rings. The van der Waals surface area contributed by atoms with Crippen molar-refractivity contribution in [1.82, 2.24) is 4.90 Å². The first-order chi connectivity index (χ1) is 12.0. The molecule has 25 heavy (non-hydrogen) atoms. The molecule has 128 valence electrons. The second kappa shape index (κ2) is 7.06. The lowest BCUT2D eigenvalue weighted by Gasteiger charge is -2.16. The zero-order chi connectivity index (χ0) is 18.0. The van der Waals surface area contributed by atoms with Gasteiger partial charge in [0.25, 0.3) is 11.6 Å². The number of benzene rings is 2. The number of amidine groups is 1. The van der Waals surface area contributed by atoms with Crippen LogP contribution in [0.4, 0.5) is 11.4 Å². The summed E-state index contributed by atoms with van der Waals surface area (Å²) in [6.07, 6.45) is 0. The van der Waals surface area contributed by atoms with Crippen molar-refractivity contribution in [3.8, 4) is 0 Å². The zero-order valence-corrected chi connectivity index (χ0v) is 14.7. The highest BCUT2D eigenvalue weighted by Crippen LogP contribution is 2.27. The molecule has 0 bridgehead atoms. The second-order valence-corrected chi connectivity index (χ2v) is 6.81. The highest BCUT2D eigenvalue weighted by atomic mass is 32.2. The third-order valence-corrected chi connectivity index (χ3v) is 4.95. The first kappa shape index (κ1) is 17.2. The average Bonchev–Trinajstić information content (AvgIpc) is 3.04. The van der Waals surface area contributed by atoms with E-state index in [2.05, 4.69) is 4.99 Å². The van der Waals surface area contributed by atoms with Gasteiger partial charge in [-0.1, -0.05) is 30.0 Å². The van der Waals surface area contributed by atoms with Gasteiger partial charge in [-0.3, -0.25) is 19.8 Å². The standard InChI is InChI=1S/C18H17N3O3S/c1-12-5-3-4-6-15(12)19-18-20(9-10-25-18)17(22)14-7-8-16(21(23)24)13(2)11-14/h3-8,11H,9-10H2,1-2H3. The summed E-state index contributed by atoms with van der Waals surface area (Å²) in [7, 11) is 0.